The summed E-state index contributed by atoms with van der Waals surface area (Å²) in [6.45, 7) is 2.59. The van der Waals surface area contributed by atoms with Crippen LogP contribution < -0.4 is 10.5 Å². The molecule has 0 amide bonds. The summed E-state index contributed by atoms with van der Waals surface area (Å²) >= 11 is 1.36. The van der Waals surface area contributed by atoms with Crippen LogP contribution in [-0.2, 0) is 6.54 Å². The quantitative estimate of drug-likeness (QED) is 0.310. The first-order valence-corrected chi connectivity index (χ1v) is 10.1. The lowest BCUT2D eigenvalue weighted by Crippen LogP contribution is -2.20. The number of aliphatic imine (C=N–C) groups is 1. The van der Waals surface area contributed by atoms with Crippen molar-refractivity contribution in [3.8, 4) is 0 Å². The zero-order valence-corrected chi connectivity index (χ0v) is 16.9. The molecule has 6 heteroatoms. The van der Waals surface area contributed by atoms with Crippen LogP contribution in [-0.4, -0.2) is 14.8 Å². The lowest BCUT2D eigenvalue weighted by Gasteiger charge is -2.08. The Morgan fingerprint density at radius 2 is 1.59 bits per heavy atom. The second kappa shape index (κ2) is 8.67. The Labute approximate surface area is 173 Å². The smallest absolute Gasteiger partial charge is 0.211 e. The van der Waals surface area contributed by atoms with E-state index in [4.69, 9.17) is 15.7 Å². The first-order chi connectivity index (χ1) is 14.2. The number of rotatable bonds is 4. The summed E-state index contributed by atoms with van der Waals surface area (Å²) in [4.78, 5) is 10.5. The molecule has 3 aromatic carbocycles. The van der Waals surface area contributed by atoms with E-state index >= 15 is 0 Å². The van der Waals surface area contributed by atoms with Gasteiger partial charge in [-0.15, -0.1) is 0 Å². The molecule has 0 fully saturated rings. The maximum Gasteiger partial charge on any atom is 0.211 e. The molecule has 0 aliphatic rings. The lowest BCUT2D eigenvalue weighted by molar-refractivity contribution is 0.731. The van der Waals surface area contributed by atoms with E-state index in [-0.39, 0.29) is 0 Å². The fourth-order valence-electron chi connectivity index (χ4n) is 2.91. The number of para-hydroxylation sites is 2. The topological polar surface area (TPSA) is 68.6 Å². The number of anilines is 1. The van der Waals surface area contributed by atoms with E-state index < -0.39 is 0 Å². The monoisotopic (exact) mass is 399 g/mol. The maximum absolute atomic E-state index is 6.15. The van der Waals surface area contributed by atoms with Gasteiger partial charge < -0.3 is 5.73 Å². The Balaban J connectivity index is 1.82. The van der Waals surface area contributed by atoms with Crippen molar-refractivity contribution in [2.24, 2.45) is 9.98 Å². The number of hydrogen-bond donors (Lipinski definition) is 1. The highest BCUT2D eigenvalue weighted by Crippen LogP contribution is 2.15. The molecule has 4 aromatic rings. The van der Waals surface area contributed by atoms with Gasteiger partial charge >= 0.3 is 0 Å². The molecular formula is C23H21N5S. The van der Waals surface area contributed by atoms with Gasteiger partial charge in [-0.1, -0.05) is 66.7 Å². The Morgan fingerprint density at radius 1 is 0.931 bits per heavy atom. The minimum absolute atomic E-state index is 0.612. The molecule has 0 spiro atoms. The van der Waals surface area contributed by atoms with Crippen LogP contribution in [0.25, 0.3) is 0 Å². The van der Waals surface area contributed by atoms with Gasteiger partial charge in [0.2, 0.25) is 4.80 Å². The van der Waals surface area contributed by atoms with Gasteiger partial charge in [0.1, 0.15) is 5.82 Å². The van der Waals surface area contributed by atoms with E-state index in [9.17, 15) is 0 Å². The fraction of sp³-hybridized carbons (Fsp3) is 0.0870. The summed E-state index contributed by atoms with van der Waals surface area (Å²) in [6, 6.07) is 27.7. The van der Waals surface area contributed by atoms with Crippen LogP contribution in [0.2, 0.25) is 0 Å². The van der Waals surface area contributed by atoms with Gasteiger partial charge in [0, 0.05) is 22.8 Å². The van der Waals surface area contributed by atoms with Crippen molar-refractivity contribution in [1.82, 2.24) is 8.94 Å². The molecule has 0 radical (unpaired) electrons. The highest BCUT2D eigenvalue weighted by atomic mass is 32.1. The van der Waals surface area contributed by atoms with Gasteiger partial charge in [0.15, 0.2) is 5.84 Å². The predicted octanol–water partition coefficient (Wildman–Crippen LogP) is 4.56. The molecule has 1 aromatic heterocycles. The standard InChI is InChI=1S/C23H21N5S/c1-17-27-29-23(28(17)16-19-12-8-9-15-21(19)24)26-22(18-10-4-2-5-11-18)25-20-13-6-3-7-14-20/h2-15H,16,24H2,1H3. The number of nitrogens with two attached hydrogens (primary N) is 1. The Morgan fingerprint density at radius 3 is 2.31 bits per heavy atom. The average molecular weight is 400 g/mol. The molecule has 0 atom stereocenters. The molecule has 0 bridgehead atoms. The van der Waals surface area contributed by atoms with Gasteiger partial charge in [-0.25, -0.2) is 4.99 Å². The zero-order valence-electron chi connectivity index (χ0n) is 16.1. The highest BCUT2D eigenvalue weighted by Gasteiger charge is 2.09. The van der Waals surface area contributed by atoms with Gasteiger partial charge in [0.25, 0.3) is 0 Å². The van der Waals surface area contributed by atoms with Crippen molar-refractivity contribution in [1.29, 1.82) is 0 Å². The lowest BCUT2D eigenvalue weighted by atomic mass is 10.2. The number of hydrogen-bond acceptors (Lipinski definition) is 4. The van der Waals surface area contributed by atoms with Crippen LogP contribution in [0.5, 0.6) is 0 Å². The van der Waals surface area contributed by atoms with Gasteiger partial charge in [-0.05, 0) is 30.7 Å². The first-order valence-electron chi connectivity index (χ1n) is 9.31. The van der Waals surface area contributed by atoms with Crippen molar-refractivity contribution >= 4 is 28.7 Å². The van der Waals surface area contributed by atoms with E-state index in [1.807, 2.05) is 91.9 Å². The number of aromatic nitrogens is 2. The third-order valence-corrected chi connectivity index (χ3v) is 5.32. The molecule has 4 rings (SSSR count). The molecule has 5 nitrogen and oxygen atoms in total. The molecule has 144 valence electrons. The van der Waals surface area contributed by atoms with Gasteiger partial charge in [-0.3, -0.25) is 4.57 Å². The van der Waals surface area contributed by atoms with Crippen LogP contribution in [0.1, 0.15) is 17.0 Å². The normalized spacial score (nSPS) is 12.3. The predicted molar refractivity (Wildman–Crippen MR) is 119 cm³/mol. The number of amidine groups is 1. The van der Waals surface area contributed by atoms with E-state index in [0.29, 0.717) is 12.4 Å². The summed E-state index contributed by atoms with van der Waals surface area (Å²) in [6.07, 6.45) is 0. The van der Waals surface area contributed by atoms with Crippen molar-refractivity contribution in [3.05, 3.63) is 107 Å². The van der Waals surface area contributed by atoms with Gasteiger partial charge in [-0.2, -0.15) is 9.37 Å². The minimum atomic E-state index is 0.612. The number of aryl methyl sites for hydroxylation is 1. The highest BCUT2D eigenvalue weighted by molar-refractivity contribution is 7.02. The second-order valence-electron chi connectivity index (χ2n) is 6.55. The molecule has 0 unspecified atom stereocenters. The third-order valence-electron chi connectivity index (χ3n) is 4.49. The van der Waals surface area contributed by atoms with Gasteiger partial charge in [0.05, 0.1) is 12.2 Å². The van der Waals surface area contributed by atoms with Crippen LogP contribution in [0, 0.1) is 6.92 Å². The molecule has 2 N–H and O–H groups in total. The van der Waals surface area contributed by atoms with Crippen molar-refractivity contribution < 1.29 is 0 Å². The van der Waals surface area contributed by atoms with Crippen LogP contribution >= 0.6 is 11.5 Å². The molecule has 0 aliphatic heterocycles. The Hall–Kier alpha value is -3.51. The van der Waals surface area contributed by atoms with Crippen molar-refractivity contribution in [3.63, 3.8) is 0 Å². The molecule has 0 saturated heterocycles. The van der Waals surface area contributed by atoms with E-state index in [0.717, 1.165) is 33.1 Å². The molecule has 0 saturated carbocycles. The van der Waals surface area contributed by atoms with E-state index in [1.54, 1.807) is 0 Å². The zero-order chi connectivity index (χ0) is 20.1. The molecule has 29 heavy (non-hydrogen) atoms. The summed E-state index contributed by atoms with van der Waals surface area (Å²) in [5.41, 5.74) is 9.76. The molecule has 0 aliphatic carbocycles. The van der Waals surface area contributed by atoms with E-state index in [1.165, 1.54) is 11.5 Å². The van der Waals surface area contributed by atoms with E-state index in [2.05, 4.69) is 8.94 Å². The average Bonchev–Trinajstić information content (AvgIpc) is 3.10. The Kier molecular flexibility index (Phi) is 5.63. The van der Waals surface area contributed by atoms with Crippen LogP contribution in [0.3, 0.4) is 0 Å². The summed E-state index contributed by atoms with van der Waals surface area (Å²) in [5.74, 6) is 1.54. The fourth-order valence-corrected chi connectivity index (χ4v) is 3.65. The number of nitrogens with zero attached hydrogens (tertiary/aromatic N) is 4. The number of benzene rings is 3. The van der Waals surface area contributed by atoms with Crippen molar-refractivity contribution in [2.75, 3.05) is 5.73 Å². The number of nitrogen functional groups attached to an aromatic ring is 1. The maximum atomic E-state index is 6.15. The minimum Gasteiger partial charge on any atom is -0.398 e. The summed E-state index contributed by atoms with van der Waals surface area (Å²) in [7, 11) is 0. The van der Waals surface area contributed by atoms with Crippen LogP contribution in [0.15, 0.2) is 94.9 Å². The summed E-state index contributed by atoms with van der Waals surface area (Å²) in [5, 5.41) is 0. The van der Waals surface area contributed by atoms with Crippen LogP contribution in [0.4, 0.5) is 11.4 Å². The Bertz CT molecular complexity index is 1190. The van der Waals surface area contributed by atoms with Crippen molar-refractivity contribution in [2.45, 2.75) is 13.5 Å². The second-order valence-corrected chi connectivity index (χ2v) is 7.28. The first kappa shape index (κ1) is 18.8. The molecule has 1 heterocycles. The molecular weight excluding hydrogens is 378 g/mol. The third kappa shape index (κ3) is 4.50. The largest absolute Gasteiger partial charge is 0.398 e. The SMILES string of the molecule is Cc1nsc(=NC(=Nc2ccccc2)c2ccccc2)n1Cc1ccccc1N. The summed E-state index contributed by atoms with van der Waals surface area (Å²) < 4.78 is 6.58.